The Morgan fingerprint density at radius 3 is 2.58 bits per heavy atom. The molecule has 1 heterocycles. The van der Waals surface area contributed by atoms with E-state index in [9.17, 15) is 20.0 Å². The van der Waals surface area contributed by atoms with Gasteiger partial charge in [0.1, 0.15) is 28.9 Å². The maximum absolute atomic E-state index is 12.5. The molecule has 0 saturated carbocycles. The summed E-state index contributed by atoms with van der Waals surface area (Å²) in [6.45, 7) is 5.65. The predicted octanol–water partition coefficient (Wildman–Crippen LogP) is 2.76. The summed E-state index contributed by atoms with van der Waals surface area (Å²) in [5.41, 5.74) is 6.22. The van der Waals surface area contributed by atoms with Crippen molar-refractivity contribution in [1.82, 2.24) is 0 Å². The lowest BCUT2D eigenvalue weighted by molar-refractivity contribution is -0.143. The number of phenols is 1. The first-order chi connectivity index (χ1) is 14.8. The molecule has 0 radical (unpaired) electrons. The number of carbonyl (C=O) groups excluding carboxylic acids is 2. The Balaban J connectivity index is 2.26. The van der Waals surface area contributed by atoms with E-state index in [0.717, 1.165) is 0 Å². The lowest BCUT2D eigenvalue weighted by atomic mass is 9.82. The van der Waals surface area contributed by atoms with E-state index < -0.39 is 11.9 Å². The average molecular weight is 430 g/mol. The van der Waals surface area contributed by atoms with Gasteiger partial charge in [0.25, 0.3) is 0 Å². The zero-order valence-corrected chi connectivity index (χ0v) is 17.8. The maximum atomic E-state index is 12.5. The van der Waals surface area contributed by atoms with Crippen LogP contribution in [-0.4, -0.2) is 36.9 Å². The van der Waals surface area contributed by atoms with Gasteiger partial charge in [-0.2, -0.15) is 5.26 Å². The molecule has 31 heavy (non-hydrogen) atoms. The number of aromatic hydroxyl groups is 1. The Morgan fingerprint density at radius 2 is 1.97 bits per heavy atom. The van der Waals surface area contributed by atoms with Gasteiger partial charge in [0.2, 0.25) is 5.88 Å². The summed E-state index contributed by atoms with van der Waals surface area (Å²) < 4.78 is 20.9. The van der Waals surface area contributed by atoms with E-state index in [1.165, 1.54) is 6.07 Å². The van der Waals surface area contributed by atoms with Crippen LogP contribution in [0.5, 0.6) is 11.5 Å². The third kappa shape index (κ3) is 5.69. The molecule has 0 spiro atoms. The summed E-state index contributed by atoms with van der Waals surface area (Å²) in [4.78, 5) is 23.9. The highest BCUT2D eigenvalue weighted by Crippen LogP contribution is 2.43. The van der Waals surface area contributed by atoms with Crippen LogP contribution in [0.15, 0.2) is 41.0 Å². The number of allylic oxidation sites excluding steroid dienone is 2. The zero-order chi connectivity index (χ0) is 23.0. The molecule has 9 heteroatoms. The molecule has 1 aromatic rings. The van der Waals surface area contributed by atoms with E-state index in [4.69, 9.17) is 24.7 Å². The van der Waals surface area contributed by atoms with Gasteiger partial charge in [-0.3, -0.25) is 4.79 Å². The summed E-state index contributed by atoms with van der Waals surface area (Å²) in [7, 11) is 0. The molecule has 2 rings (SSSR count). The Kier molecular flexibility index (Phi) is 8.32. The average Bonchev–Trinajstić information content (AvgIpc) is 2.71. The summed E-state index contributed by atoms with van der Waals surface area (Å²) in [5.74, 6) is -1.68. The molecular formula is C22H26N2O7. The van der Waals surface area contributed by atoms with Gasteiger partial charge in [0.05, 0.1) is 31.3 Å². The molecule has 0 aromatic heterocycles. The number of nitriles is 1. The number of phenolic OH excluding ortho intramolecular Hbond substituents is 1. The smallest absolute Gasteiger partial charge is 0.338 e. The van der Waals surface area contributed by atoms with Crippen molar-refractivity contribution in [2.24, 2.45) is 5.73 Å². The largest absolute Gasteiger partial charge is 0.507 e. The standard InChI is InChI=1S/C22H26N2O7/c1-4-28-18(26)7-6-10-30-14-8-9-15(17(25)11-14)20-16(12-23)21(24)31-13(3)19(20)22(27)29-5-2/h8-9,11,20,25H,4-7,10,24H2,1-3H3. The van der Waals surface area contributed by atoms with Gasteiger partial charge in [0.15, 0.2) is 0 Å². The Morgan fingerprint density at radius 1 is 1.26 bits per heavy atom. The number of benzene rings is 1. The van der Waals surface area contributed by atoms with Gasteiger partial charge in [-0.1, -0.05) is 6.07 Å². The van der Waals surface area contributed by atoms with Crippen molar-refractivity contribution in [3.8, 4) is 17.6 Å². The highest BCUT2D eigenvalue weighted by molar-refractivity contribution is 5.92. The third-order valence-electron chi connectivity index (χ3n) is 4.51. The minimum atomic E-state index is -0.948. The molecule has 1 aliphatic heterocycles. The second kappa shape index (κ2) is 10.9. The molecular weight excluding hydrogens is 404 g/mol. The molecule has 9 nitrogen and oxygen atoms in total. The molecule has 0 fully saturated rings. The molecule has 3 N–H and O–H groups in total. The fraction of sp³-hybridized carbons (Fsp3) is 0.409. The van der Waals surface area contributed by atoms with Crippen molar-refractivity contribution in [1.29, 1.82) is 5.26 Å². The van der Waals surface area contributed by atoms with Crippen LogP contribution < -0.4 is 10.5 Å². The SMILES string of the molecule is CCOC(=O)CCCOc1ccc(C2C(C#N)=C(N)OC(C)=C2C(=O)OCC)c(O)c1. The lowest BCUT2D eigenvalue weighted by Crippen LogP contribution is -2.25. The molecule has 166 valence electrons. The zero-order valence-electron chi connectivity index (χ0n) is 17.8. The number of ether oxygens (including phenoxy) is 4. The summed E-state index contributed by atoms with van der Waals surface area (Å²) >= 11 is 0. The molecule has 0 aliphatic carbocycles. The van der Waals surface area contributed by atoms with Gasteiger partial charge in [-0.25, -0.2) is 4.79 Å². The number of nitrogens with two attached hydrogens (primary N) is 1. The molecule has 1 aromatic carbocycles. The number of nitrogens with zero attached hydrogens (tertiary/aromatic N) is 1. The minimum absolute atomic E-state index is 0.00735. The van der Waals surface area contributed by atoms with Crippen LogP contribution in [0, 0.1) is 11.3 Å². The topological polar surface area (TPSA) is 141 Å². The second-order valence-corrected chi connectivity index (χ2v) is 6.59. The van der Waals surface area contributed by atoms with Crippen LogP contribution in [0.2, 0.25) is 0 Å². The monoisotopic (exact) mass is 430 g/mol. The van der Waals surface area contributed by atoms with Crippen LogP contribution in [-0.2, 0) is 23.8 Å². The molecule has 0 amide bonds. The van der Waals surface area contributed by atoms with Crippen LogP contribution >= 0.6 is 0 Å². The molecule has 1 unspecified atom stereocenters. The summed E-state index contributed by atoms with van der Waals surface area (Å²) in [6.07, 6.45) is 0.677. The highest BCUT2D eigenvalue weighted by Gasteiger charge is 2.37. The first-order valence-corrected chi connectivity index (χ1v) is 9.90. The fourth-order valence-corrected chi connectivity index (χ4v) is 3.16. The second-order valence-electron chi connectivity index (χ2n) is 6.59. The maximum Gasteiger partial charge on any atom is 0.338 e. The normalized spacial score (nSPS) is 15.7. The number of hydrogen-bond acceptors (Lipinski definition) is 9. The number of esters is 2. The van der Waals surface area contributed by atoms with E-state index in [-0.39, 0.29) is 59.7 Å². The minimum Gasteiger partial charge on any atom is -0.507 e. The predicted molar refractivity (Wildman–Crippen MR) is 109 cm³/mol. The number of carbonyl (C=O) groups is 2. The van der Waals surface area contributed by atoms with Crippen LogP contribution in [0.4, 0.5) is 0 Å². The van der Waals surface area contributed by atoms with Crippen LogP contribution in [0.25, 0.3) is 0 Å². The van der Waals surface area contributed by atoms with Crippen molar-refractivity contribution >= 4 is 11.9 Å². The van der Waals surface area contributed by atoms with E-state index in [1.54, 1.807) is 32.9 Å². The number of hydrogen-bond donors (Lipinski definition) is 2. The van der Waals surface area contributed by atoms with Gasteiger partial charge in [0, 0.05) is 18.1 Å². The quantitative estimate of drug-likeness (QED) is 0.447. The third-order valence-corrected chi connectivity index (χ3v) is 4.51. The van der Waals surface area contributed by atoms with E-state index in [1.807, 2.05) is 6.07 Å². The first kappa shape index (κ1) is 23.6. The Labute approximate surface area is 180 Å². The molecule has 0 saturated heterocycles. The van der Waals surface area contributed by atoms with E-state index in [2.05, 4.69) is 0 Å². The molecule has 1 atom stereocenters. The van der Waals surface area contributed by atoms with Crippen molar-refractivity contribution in [3.05, 3.63) is 46.6 Å². The fourth-order valence-electron chi connectivity index (χ4n) is 3.16. The van der Waals surface area contributed by atoms with E-state index >= 15 is 0 Å². The summed E-state index contributed by atoms with van der Waals surface area (Å²) in [6, 6.07) is 6.47. The molecule has 1 aliphatic rings. The Hall–Kier alpha value is -3.67. The van der Waals surface area contributed by atoms with Crippen molar-refractivity contribution in [2.45, 2.75) is 39.5 Å². The van der Waals surface area contributed by atoms with Crippen molar-refractivity contribution in [3.63, 3.8) is 0 Å². The van der Waals surface area contributed by atoms with Crippen molar-refractivity contribution in [2.75, 3.05) is 19.8 Å². The van der Waals surface area contributed by atoms with Gasteiger partial charge in [-0.05, 0) is 33.3 Å². The summed E-state index contributed by atoms with van der Waals surface area (Å²) in [5, 5.41) is 20.2. The number of rotatable bonds is 9. The van der Waals surface area contributed by atoms with Gasteiger partial charge in [-0.15, -0.1) is 0 Å². The van der Waals surface area contributed by atoms with Gasteiger partial charge < -0.3 is 29.8 Å². The first-order valence-electron chi connectivity index (χ1n) is 9.90. The lowest BCUT2D eigenvalue weighted by Gasteiger charge is -2.27. The van der Waals surface area contributed by atoms with E-state index in [0.29, 0.717) is 18.8 Å². The van der Waals surface area contributed by atoms with Crippen LogP contribution in [0.3, 0.4) is 0 Å². The van der Waals surface area contributed by atoms with Gasteiger partial charge >= 0.3 is 11.9 Å². The molecule has 0 bridgehead atoms. The van der Waals surface area contributed by atoms with Crippen molar-refractivity contribution < 1.29 is 33.6 Å². The highest BCUT2D eigenvalue weighted by atomic mass is 16.5. The Bertz CT molecular complexity index is 944. The van der Waals surface area contributed by atoms with Crippen LogP contribution in [0.1, 0.15) is 45.1 Å².